The summed E-state index contributed by atoms with van der Waals surface area (Å²) in [6.07, 6.45) is 0. The summed E-state index contributed by atoms with van der Waals surface area (Å²) < 4.78 is 0. The molecule has 0 spiro atoms. The first-order valence-corrected chi connectivity index (χ1v) is 18.1. The predicted molar refractivity (Wildman–Crippen MR) is 224 cm³/mol. The van der Waals surface area contributed by atoms with Crippen LogP contribution >= 0.6 is 0 Å². The molecule has 0 aliphatic carbocycles. The van der Waals surface area contributed by atoms with E-state index in [1.807, 2.05) is 0 Å². The summed E-state index contributed by atoms with van der Waals surface area (Å²) in [6.45, 7) is 0. The highest BCUT2D eigenvalue weighted by Crippen LogP contribution is 2.46. The zero-order valence-electron chi connectivity index (χ0n) is 28.5. The topological polar surface area (TPSA) is 0 Å². The number of hydrogen-bond acceptors (Lipinski definition) is 0. The summed E-state index contributed by atoms with van der Waals surface area (Å²) in [4.78, 5) is 0. The van der Waals surface area contributed by atoms with Crippen LogP contribution in [0.15, 0.2) is 194 Å². The Bertz CT molecular complexity index is 3070. The van der Waals surface area contributed by atoms with E-state index in [-0.39, 0.29) is 0 Å². The van der Waals surface area contributed by atoms with Crippen LogP contribution in [0.25, 0.3) is 109 Å². The highest BCUT2D eigenvalue weighted by molar-refractivity contribution is 6.28. The zero-order valence-corrected chi connectivity index (χ0v) is 28.5. The molecule has 0 aromatic heterocycles. The maximum atomic E-state index is 2.42. The average molecular weight is 657 g/mol. The highest BCUT2D eigenvalue weighted by atomic mass is 14.2. The van der Waals surface area contributed by atoms with Gasteiger partial charge in [-0.1, -0.05) is 176 Å². The molecule has 0 heterocycles. The molecule has 11 rings (SSSR count). The van der Waals surface area contributed by atoms with E-state index in [1.165, 1.54) is 109 Å². The largest absolute Gasteiger partial charge is 0.0622 e. The van der Waals surface area contributed by atoms with Crippen molar-refractivity contribution in [3.63, 3.8) is 0 Å². The van der Waals surface area contributed by atoms with Crippen LogP contribution in [0.3, 0.4) is 0 Å². The Kier molecular flexibility index (Phi) is 6.35. The van der Waals surface area contributed by atoms with Gasteiger partial charge in [0.15, 0.2) is 0 Å². The monoisotopic (exact) mass is 656 g/mol. The fraction of sp³-hybridized carbons (Fsp3) is 0. The van der Waals surface area contributed by atoms with Crippen LogP contribution in [0.5, 0.6) is 0 Å². The second kappa shape index (κ2) is 11.4. The normalized spacial score (nSPS) is 11.8. The van der Waals surface area contributed by atoms with Gasteiger partial charge in [0.05, 0.1) is 0 Å². The van der Waals surface area contributed by atoms with E-state index in [4.69, 9.17) is 0 Å². The van der Waals surface area contributed by atoms with Crippen molar-refractivity contribution in [3.05, 3.63) is 194 Å². The third-order valence-corrected chi connectivity index (χ3v) is 11.2. The van der Waals surface area contributed by atoms with Crippen LogP contribution in [0.1, 0.15) is 0 Å². The van der Waals surface area contributed by atoms with Gasteiger partial charge in [0.25, 0.3) is 0 Å². The lowest BCUT2D eigenvalue weighted by molar-refractivity contribution is 1.62. The van der Waals surface area contributed by atoms with Crippen LogP contribution in [0.2, 0.25) is 0 Å². The van der Waals surface area contributed by atoms with Gasteiger partial charge >= 0.3 is 0 Å². The van der Waals surface area contributed by atoms with E-state index in [0.717, 1.165) is 0 Å². The Morgan fingerprint density at radius 2 is 0.692 bits per heavy atom. The molecular weight excluding hydrogens is 625 g/mol. The Morgan fingerprint density at radius 3 is 1.38 bits per heavy atom. The first kappa shape index (κ1) is 29.0. The minimum absolute atomic E-state index is 1.23. The molecule has 11 aromatic carbocycles. The van der Waals surface area contributed by atoms with E-state index in [0.29, 0.717) is 0 Å². The number of benzene rings is 11. The first-order chi connectivity index (χ1) is 25.8. The molecule has 0 aliphatic heterocycles. The molecule has 0 fully saturated rings. The molecule has 0 bridgehead atoms. The van der Waals surface area contributed by atoms with E-state index >= 15 is 0 Å². The van der Waals surface area contributed by atoms with Gasteiger partial charge in [0, 0.05) is 0 Å². The molecule has 240 valence electrons. The van der Waals surface area contributed by atoms with Gasteiger partial charge in [-0.15, -0.1) is 0 Å². The maximum absolute atomic E-state index is 2.42. The lowest BCUT2D eigenvalue weighted by Crippen LogP contribution is -1.92. The van der Waals surface area contributed by atoms with Gasteiger partial charge in [-0.2, -0.15) is 0 Å². The van der Waals surface area contributed by atoms with E-state index < -0.39 is 0 Å². The molecule has 52 heavy (non-hydrogen) atoms. The molecule has 0 heteroatoms. The Morgan fingerprint density at radius 1 is 0.212 bits per heavy atom. The van der Waals surface area contributed by atoms with Crippen LogP contribution in [-0.2, 0) is 0 Å². The summed E-state index contributed by atoms with van der Waals surface area (Å²) in [5.41, 5.74) is 10.1. The van der Waals surface area contributed by atoms with E-state index in [9.17, 15) is 0 Å². The lowest BCUT2D eigenvalue weighted by Gasteiger charge is -2.19. The first-order valence-electron chi connectivity index (χ1n) is 18.1. The smallest absolute Gasteiger partial charge is 0.00206 e. The summed E-state index contributed by atoms with van der Waals surface area (Å²) in [7, 11) is 0. The quantitative estimate of drug-likeness (QED) is 0.131. The number of rotatable bonds is 4. The van der Waals surface area contributed by atoms with Crippen molar-refractivity contribution in [2.75, 3.05) is 0 Å². The molecule has 0 radical (unpaired) electrons. The van der Waals surface area contributed by atoms with E-state index in [1.54, 1.807) is 0 Å². The minimum Gasteiger partial charge on any atom is -0.0622 e. The van der Waals surface area contributed by atoms with Crippen molar-refractivity contribution in [2.45, 2.75) is 0 Å². The SMILES string of the molecule is c1ccc(-c2c3ccccc3c(-c3cc4ccc5ccc(-c6ccc(-c7ccc8ccccc8c7)cc6)c6ccc(c3)c4c56)c3ccccc23)cc1. The standard InChI is InChI=1S/C52H32/c1-2-11-36(12-3-1)50-44-14-6-8-16-46(44)51(47-17-9-7-15-45(47)50)42-31-40-25-23-37-26-28-43(48-29-27-41(32-42)49(40)52(37)48)35-21-18-34(19-22-35)39-24-20-33-10-4-5-13-38(33)30-39/h1-32H. The van der Waals surface area contributed by atoms with E-state index in [2.05, 4.69) is 194 Å². The molecule has 0 amide bonds. The predicted octanol–water partition coefficient (Wildman–Crippen LogP) is 14.7. The second-order valence-electron chi connectivity index (χ2n) is 14.0. The summed E-state index contributed by atoms with van der Waals surface area (Å²) in [5.74, 6) is 0. The fourth-order valence-corrected chi connectivity index (χ4v) is 8.78. The molecule has 0 unspecified atom stereocenters. The molecule has 0 atom stereocenters. The highest BCUT2D eigenvalue weighted by Gasteiger charge is 2.19. The molecule has 0 aliphatic rings. The maximum Gasteiger partial charge on any atom is -0.00206 e. The minimum atomic E-state index is 1.23. The van der Waals surface area contributed by atoms with Crippen molar-refractivity contribution < 1.29 is 0 Å². The van der Waals surface area contributed by atoms with Gasteiger partial charge in [-0.3, -0.25) is 0 Å². The van der Waals surface area contributed by atoms with Gasteiger partial charge in [0.2, 0.25) is 0 Å². The van der Waals surface area contributed by atoms with Gasteiger partial charge in [-0.05, 0) is 127 Å². The molecule has 0 N–H and O–H groups in total. The lowest BCUT2D eigenvalue weighted by atomic mass is 9.84. The molecule has 0 saturated carbocycles. The Labute approximate surface area is 302 Å². The third kappa shape index (κ3) is 4.41. The molecule has 11 aromatic rings. The van der Waals surface area contributed by atoms with Crippen molar-refractivity contribution in [1.82, 2.24) is 0 Å². The van der Waals surface area contributed by atoms with Crippen molar-refractivity contribution in [1.29, 1.82) is 0 Å². The summed E-state index contributed by atoms with van der Waals surface area (Å²) in [6, 6.07) is 71.8. The summed E-state index contributed by atoms with van der Waals surface area (Å²) >= 11 is 0. The van der Waals surface area contributed by atoms with Gasteiger partial charge in [-0.25, -0.2) is 0 Å². The summed E-state index contributed by atoms with van der Waals surface area (Å²) in [5, 5.41) is 15.5. The molecule has 0 saturated heterocycles. The van der Waals surface area contributed by atoms with Crippen molar-refractivity contribution >= 4 is 64.6 Å². The number of fused-ring (bicyclic) bond motifs is 3. The van der Waals surface area contributed by atoms with Crippen LogP contribution < -0.4 is 0 Å². The van der Waals surface area contributed by atoms with Gasteiger partial charge in [0.1, 0.15) is 0 Å². The Hall–Kier alpha value is -6.76. The molecular formula is C52H32. The third-order valence-electron chi connectivity index (χ3n) is 11.2. The van der Waals surface area contributed by atoms with Gasteiger partial charge < -0.3 is 0 Å². The second-order valence-corrected chi connectivity index (χ2v) is 14.0. The zero-order chi connectivity index (χ0) is 34.2. The fourth-order valence-electron chi connectivity index (χ4n) is 8.78. The Balaban J connectivity index is 1.08. The van der Waals surface area contributed by atoms with Crippen molar-refractivity contribution in [3.8, 4) is 44.5 Å². The van der Waals surface area contributed by atoms with Crippen molar-refractivity contribution in [2.24, 2.45) is 0 Å². The van der Waals surface area contributed by atoms with Crippen LogP contribution in [0.4, 0.5) is 0 Å². The van der Waals surface area contributed by atoms with Crippen LogP contribution in [-0.4, -0.2) is 0 Å². The average Bonchev–Trinajstić information content (AvgIpc) is 3.22. The van der Waals surface area contributed by atoms with Crippen LogP contribution in [0, 0.1) is 0 Å². The molecule has 0 nitrogen and oxygen atoms in total. The number of hydrogen-bond donors (Lipinski definition) is 0.